The second-order valence-corrected chi connectivity index (χ2v) is 7.21. The fourth-order valence-electron chi connectivity index (χ4n) is 3.30. The van der Waals surface area contributed by atoms with Crippen molar-refractivity contribution in [1.82, 2.24) is 9.88 Å². The molecule has 3 aromatic rings. The Morgan fingerprint density at radius 3 is 2.70 bits per heavy atom. The van der Waals surface area contributed by atoms with Gasteiger partial charge in [-0.1, -0.05) is 42.5 Å². The average molecular weight is 404 g/mol. The van der Waals surface area contributed by atoms with E-state index in [1.807, 2.05) is 30.3 Å². The summed E-state index contributed by atoms with van der Waals surface area (Å²) in [6.07, 6.45) is 6.36. The van der Waals surface area contributed by atoms with Gasteiger partial charge in [-0.3, -0.25) is 9.78 Å². The highest BCUT2D eigenvalue weighted by Gasteiger charge is 2.33. The van der Waals surface area contributed by atoms with Gasteiger partial charge >= 0.3 is 5.97 Å². The second kappa shape index (κ2) is 8.86. The van der Waals surface area contributed by atoms with Crippen LogP contribution in [0.3, 0.4) is 0 Å². The third kappa shape index (κ3) is 4.71. The number of hydrogen-bond acceptors (Lipinski definition) is 4. The van der Waals surface area contributed by atoms with E-state index in [-0.39, 0.29) is 30.9 Å². The minimum atomic E-state index is -0.613. The number of amides is 1. The minimum absolute atomic E-state index is 0.0770. The van der Waals surface area contributed by atoms with Gasteiger partial charge < -0.3 is 9.64 Å². The molecule has 2 aromatic carbocycles. The fraction of sp³-hybridized carbons (Fsp3) is 0.208. The molecule has 0 saturated heterocycles. The highest BCUT2D eigenvalue weighted by Crippen LogP contribution is 2.29. The molecule has 1 aliphatic carbocycles. The lowest BCUT2D eigenvalue weighted by atomic mass is 10.1. The first kappa shape index (κ1) is 19.8. The molecule has 1 amide bonds. The lowest BCUT2D eigenvalue weighted by molar-refractivity contribution is -0.148. The zero-order valence-corrected chi connectivity index (χ0v) is 16.3. The molecule has 4 rings (SSSR count). The molecule has 5 nitrogen and oxygen atoms in total. The Hall–Kier alpha value is -3.54. The van der Waals surface area contributed by atoms with Gasteiger partial charge in [0.1, 0.15) is 5.82 Å². The molecule has 1 saturated carbocycles. The lowest BCUT2D eigenvalue weighted by Crippen LogP contribution is -2.36. The summed E-state index contributed by atoms with van der Waals surface area (Å²) >= 11 is 0. The molecule has 1 fully saturated rings. The Morgan fingerprint density at radius 2 is 1.90 bits per heavy atom. The largest absolute Gasteiger partial charge is 0.452 e. The third-order valence-corrected chi connectivity index (χ3v) is 5.01. The van der Waals surface area contributed by atoms with E-state index in [2.05, 4.69) is 4.98 Å². The number of halogens is 1. The van der Waals surface area contributed by atoms with E-state index in [0.717, 1.165) is 29.3 Å². The monoisotopic (exact) mass is 404 g/mol. The van der Waals surface area contributed by atoms with E-state index in [9.17, 15) is 14.0 Å². The van der Waals surface area contributed by atoms with Gasteiger partial charge in [-0.05, 0) is 31.1 Å². The predicted molar refractivity (Wildman–Crippen MR) is 112 cm³/mol. The van der Waals surface area contributed by atoms with Crippen molar-refractivity contribution in [3.63, 3.8) is 0 Å². The summed E-state index contributed by atoms with van der Waals surface area (Å²) in [5.41, 5.74) is 2.02. The quantitative estimate of drug-likeness (QED) is 0.439. The van der Waals surface area contributed by atoms with Gasteiger partial charge in [-0.25, -0.2) is 9.18 Å². The summed E-state index contributed by atoms with van der Waals surface area (Å²) < 4.78 is 19.1. The summed E-state index contributed by atoms with van der Waals surface area (Å²) in [5.74, 6) is -1.29. The van der Waals surface area contributed by atoms with E-state index >= 15 is 0 Å². The summed E-state index contributed by atoms with van der Waals surface area (Å²) in [6, 6.07) is 15.9. The van der Waals surface area contributed by atoms with Crippen LogP contribution in [0.2, 0.25) is 0 Å². The van der Waals surface area contributed by atoms with Crippen molar-refractivity contribution in [2.75, 3.05) is 6.61 Å². The van der Waals surface area contributed by atoms with Crippen LogP contribution in [0.4, 0.5) is 4.39 Å². The number of esters is 1. The third-order valence-electron chi connectivity index (χ3n) is 5.01. The van der Waals surface area contributed by atoms with Crippen molar-refractivity contribution in [2.45, 2.75) is 25.4 Å². The maximum atomic E-state index is 13.9. The van der Waals surface area contributed by atoms with Crippen LogP contribution in [0, 0.1) is 5.82 Å². The summed E-state index contributed by atoms with van der Waals surface area (Å²) in [6.45, 7) is -0.201. The Labute approximate surface area is 173 Å². The smallest absolute Gasteiger partial charge is 0.331 e. The molecule has 0 radical (unpaired) electrons. The van der Waals surface area contributed by atoms with Crippen molar-refractivity contribution in [3.05, 3.63) is 83.8 Å². The Bertz CT molecular complexity index is 1100. The number of fused-ring (bicyclic) bond motifs is 1. The van der Waals surface area contributed by atoms with E-state index in [0.29, 0.717) is 5.56 Å². The second-order valence-electron chi connectivity index (χ2n) is 7.21. The molecule has 0 atom stereocenters. The van der Waals surface area contributed by atoms with Crippen LogP contribution >= 0.6 is 0 Å². The maximum absolute atomic E-state index is 13.9. The standard InChI is InChI=1S/C24H21FN2O3/c25-21-9-2-1-5-19(21)15-27(20-11-12-20)22(28)16-30-23(29)13-10-18-7-3-6-17-8-4-14-26-24(17)18/h1-10,13-14,20H,11-12,15-16H2/b13-10+. The van der Waals surface area contributed by atoms with Crippen LogP contribution in [0.25, 0.3) is 17.0 Å². The SMILES string of the molecule is O=C(/C=C/c1cccc2cccnc12)OCC(=O)N(Cc1ccccc1F)C1CC1. The number of nitrogens with zero attached hydrogens (tertiary/aromatic N) is 2. The van der Waals surface area contributed by atoms with Crippen LogP contribution in [-0.2, 0) is 20.9 Å². The van der Waals surface area contributed by atoms with Gasteiger partial charge in [-0.15, -0.1) is 0 Å². The molecular formula is C24H21FN2O3. The highest BCUT2D eigenvalue weighted by atomic mass is 19.1. The topological polar surface area (TPSA) is 59.5 Å². The highest BCUT2D eigenvalue weighted by molar-refractivity contribution is 5.93. The number of rotatable bonds is 7. The molecule has 6 heteroatoms. The molecule has 0 aliphatic heterocycles. The molecule has 0 bridgehead atoms. The number of benzene rings is 2. The van der Waals surface area contributed by atoms with E-state index in [4.69, 9.17) is 4.74 Å². The number of hydrogen-bond donors (Lipinski definition) is 0. The summed E-state index contributed by atoms with van der Waals surface area (Å²) in [5, 5.41) is 0.969. The van der Waals surface area contributed by atoms with Gasteiger partial charge in [0, 0.05) is 41.4 Å². The zero-order chi connectivity index (χ0) is 20.9. The van der Waals surface area contributed by atoms with Crippen molar-refractivity contribution in [1.29, 1.82) is 0 Å². The van der Waals surface area contributed by atoms with Gasteiger partial charge in [0.05, 0.1) is 5.52 Å². The van der Waals surface area contributed by atoms with Crippen molar-refractivity contribution >= 4 is 28.9 Å². The van der Waals surface area contributed by atoms with E-state index in [1.165, 1.54) is 12.1 Å². The number of para-hydroxylation sites is 1. The molecule has 0 N–H and O–H groups in total. The van der Waals surface area contributed by atoms with Crippen LogP contribution in [0.5, 0.6) is 0 Å². The van der Waals surface area contributed by atoms with Crippen molar-refractivity contribution in [3.8, 4) is 0 Å². The number of ether oxygens (including phenoxy) is 1. The fourth-order valence-corrected chi connectivity index (χ4v) is 3.30. The number of aromatic nitrogens is 1. The average Bonchev–Trinajstić information content (AvgIpc) is 3.60. The first-order valence-corrected chi connectivity index (χ1v) is 9.83. The lowest BCUT2D eigenvalue weighted by Gasteiger charge is -2.22. The molecule has 0 spiro atoms. The Morgan fingerprint density at radius 1 is 1.10 bits per heavy atom. The van der Waals surface area contributed by atoms with Crippen LogP contribution in [0.1, 0.15) is 24.0 Å². The zero-order valence-electron chi connectivity index (χ0n) is 16.3. The van der Waals surface area contributed by atoms with Crippen molar-refractivity contribution in [2.24, 2.45) is 0 Å². The van der Waals surface area contributed by atoms with E-state index in [1.54, 1.807) is 35.4 Å². The number of carbonyl (C=O) groups is 2. The molecule has 1 heterocycles. The predicted octanol–water partition coefficient (Wildman–Crippen LogP) is 4.12. The minimum Gasteiger partial charge on any atom is -0.452 e. The molecule has 30 heavy (non-hydrogen) atoms. The van der Waals surface area contributed by atoms with Gasteiger partial charge in [0.25, 0.3) is 5.91 Å². The summed E-state index contributed by atoms with van der Waals surface area (Å²) in [7, 11) is 0. The molecule has 1 aromatic heterocycles. The Balaban J connectivity index is 1.37. The van der Waals surface area contributed by atoms with Gasteiger partial charge in [0.2, 0.25) is 0 Å². The number of carbonyl (C=O) groups excluding carboxylic acids is 2. The van der Waals surface area contributed by atoms with Crippen LogP contribution < -0.4 is 0 Å². The first-order valence-electron chi connectivity index (χ1n) is 9.83. The maximum Gasteiger partial charge on any atom is 0.331 e. The molecule has 1 aliphatic rings. The normalized spacial score (nSPS) is 13.5. The number of pyridine rings is 1. The van der Waals surface area contributed by atoms with Gasteiger partial charge in [0.15, 0.2) is 6.61 Å². The van der Waals surface area contributed by atoms with Gasteiger partial charge in [-0.2, -0.15) is 0 Å². The van der Waals surface area contributed by atoms with Crippen LogP contribution in [-0.4, -0.2) is 34.4 Å². The van der Waals surface area contributed by atoms with Crippen LogP contribution in [0.15, 0.2) is 66.9 Å². The summed E-state index contributed by atoms with van der Waals surface area (Å²) in [4.78, 5) is 30.6. The first-order chi connectivity index (χ1) is 14.6. The Kier molecular flexibility index (Phi) is 5.84. The molecular weight excluding hydrogens is 383 g/mol. The van der Waals surface area contributed by atoms with E-state index < -0.39 is 5.97 Å². The molecule has 152 valence electrons. The van der Waals surface area contributed by atoms with Crippen molar-refractivity contribution < 1.29 is 18.7 Å². The molecule has 0 unspecified atom stereocenters.